The molecule has 0 aliphatic rings. The van der Waals surface area contributed by atoms with Gasteiger partial charge in [0.05, 0.1) is 11.6 Å². The third kappa shape index (κ3) is 3.75. The van der Waals surface area contributed by atoms with E-state index in [1.165, 1.54) is 5.56 Å². The quantitative estimate of drug-likeness (QED) is 0.680. The highest BCUT2D eigenvalue weighted by atomic mass is 14.2. The minimum Gasteiger partial charge on any atom is -0.192 e. The first-order valence-corrected chi connectivity index (χ1v) is 6.30. The van der Waals surface area contributed by atoms with Gasteiger partial charge in [0, 0.05) is 0 Å². The van der Waals surface area contributed by atoms with Crippen molar-refractivity contribution in [3.8, 4) is 6.07 Å². The first-order valence-electron chi connectivity index (χ1n) is 6.30. The van der Waals surface area contributed by atoms with Crippen LogP contribution in [0.3, 0.4) is 0 Å². The van der Waals surface area contributed by atoms with E-state index in [2.05, 4.69) is 58.0 Å². The summed E-state index contributed by atoms with van der Waals surface area (Å²) in [6.07, 6.45) is 3.16. The van der Waals surface area contributed by atoms with E-state index in [4.69, 9.17) is 5.26 Å². The number of allylic oxidation sites excluding steroid dienone is 2. The second kappa shape index (κ2) is 6.25. The van der Waals surface area contributed by atoms with E-state index in [0.717, 1.165) is 17.6 Å². The number of hydrogen-bond acceptors (Lipinski definition) is 1. The molecule has 0 spiro atoms. The van der Waals surface area contributed by atoms with Gasteiger partial charge in [-0.2, -0.15) is 5.26 Å². The van der Waals surface area contributed by atoms with Crippen LogP contribution >= 0.6 is 0 Å². The van der Waals surface area contributed by atoms with Crippen LogP contribution in [0.4, 0.5) is 0 Å². The molecule has 0 bridgehead atoms. The fraction of sp³-hybridized carbons (Fsp3) is 0.438. The Balaban J connectivity index is 2.98. The van der Waals surface area contributed by atoms with Crippen LogP contribution in [-0.2, 0) is 0 Å². The minimum atomic E-state index is 0.402. The average Bonchev–Trinajstić information content (AvgIpc) is 2.35. The molecule has 0 aromatic heterocycles. The third-order valence-corrected chi connectivity index (χ3v) is 3.02. The Kier molecular flexibility index (Phi) is 4.97. The van der Waals surface area contributed by atoms with Crippen molar-refractivity contribution in [3.05, 3.63) is 41.5 Å². The topological polar surface area (TPSA) is 23.8 Å². The second-order valence-corrected chi connectivity index (χ2v) is 4.87. The molecule has 0 aliphatic heterocycles. The van der Waals surface area contributed by atoms with Gasteiger partial charge in [0.1, 0.15) is 0 Å². The number of benzene rings is 1. The van der Waals surface area contributed by atoms with E-state index in [9.17, 15) is 0 Å². The van der Waals surface area contributed by atoms with Gasteiger partial charge in [-0.05, 0) is 29.4 Å². The predicted octanol–water partition coefficient (Wildman–Crippen LogP) is 4.76. The van der Waals surface area contributed by atoms with Crippen molar-refractivity contribution in [3.63, 3.8) is 0 Å². The highest BCUT2D eigenvalue weighted by Crippen LogP contribution is 2.22. The summed E-state index contributed by atoms with van der Waals surface area (Å²) in [6, 6.07) is 10.7. The normalized spacial score (nSPS) is 13.5. The van der Waals surface area contributed by atoms with Gasteiger partial charge in [-0.1, -0.05) is 58.0 Å². The van der Waals surface area contributed by atoms with Crippen molar-refractivity contribution in [2.24, 2.45) is 5.92 Å². The Morgan fingerprint density at radius 3 is 2.24 bits per heavy atom. The minimum absolute atomic E-state index is 0.402. The fourth-order valence-electron chi connectivity index (χ4n) is 1.76. The van der Waals surface area contributed by atoms with E-state index in [1.54, 1.807) is 0 Å². The van der Waals surface area contributed by atoms with Crippen molar-refractivity contribution in [2.75, 3.05) is 0 Å². The molecule has 0 fully saturated rings. The smallest absolute Gasteiger partial charge is 0.0994 e. The zero-order valence-corrected chi connectivity index (χ0v) is 11.2. The molecule has 1 heteroatoms. The maximum absolute atomic E-state index is 9.13. The number of hydrogen-bond donors (Lipinski definition) is 0. The summed E-state index contributed by atoms with van der Waals surface area (Å²) >= 11 is 0. The number of rotatable bonds is 4. The summed E-state index contributed by atoms with van der Waals surface area (Å²) in [5.74, 6) is 0.988. The molecule has 0 aliphatic carbocycles. The van der Waals surface area contributed by atoms with Crippen LogP contribution in [0.1, 0.15) is 51.2 Å². The largest absolute Gasteiger partial charge is 0.192 e. The second-order valence-electron chi connectivity index (χ2n) is 4.87. The maximum Gasteiger partial charge on any atom is 0.0994 e. The molecule has 1 nitrogen and oxygen atoms in total. The molecule has 0 saturated heterocycles. The Morgan fingerprint density at radius 2 is 1.82 bits per heavy atom. The molecule has 1 rings (SSSR count). The molecule has 1 atom stereocenters. The lowest BCUT2D eigenvalue weighted by Crippen LogP contribution is -1.92. The average molecular weight is 227 g/mol. The van der Waals surface area contributed by atoms with Gasteiger partial charge in [-0.15, -0.1) is 0 Å². The van der Waals surface area contributed by atoms with Crippen LogP contribution in [-0.4, -0.2) is 0 Å². The summed E-state index contributed by atoms with van der Waals surface area (Å²) in [7, 11) is 0. The van der Waals surface area contributed by atoms with Crippen molar-refractivity contribution in [1.82, 2.24) is 0 Å². The van der Waals surface area contributed by atoms with E-state index >= 15 is 0 Å². The standard InChI is InChI=1S/C16H21N/c1-5-13(4)14-6-8-15(9-7-14)16(11-17)10-12(2)3/h6-10,12-13H,5H2,1-4H3/b16-10+. The predicted molar refractivity (Wildman–Crippen MR) is 73.6 cm³/mol. The van der Waals surface area contributed by atoms with Crippen molar-refractivity contribution in [2.45, 2.75) is 40.0 Å². The van der Waals surface area contributed by atoms with Gasteiger partial charge in [0.25, 0.3) is 0 Å². The lowest BCUT2D eigenvalue weighted by Gasteiger charge is -2.09. The Labute approximate surface area is 105 Å². The van der Waals surface area contributed by atoms with Gasteiger partial charge >= 0.3 is 0 Å². The molecule has 0 heterocycles. The summed E-state index contributed by atoms with van der Waals surface area (Å²) in [4.78, 5) is 0. The van der Waals surface area contributed by atoms with Gasteiger partial charge in [0.2, 0.25) is 0 Å². The Bertz CT molecular complexity index is 418. The molecular weight excluding hydrogens is 206 g/mol. The lowest BCUT2D eigenvalue weighted by molar-refractivity contribution is 0.733. The lowest BCUT2D eigenvalue weighted by atomic mass is 9.95. The van der Waals surface area contributed by atoms with E-state index in [-0.39, 0.29) is 0 Å². The Morgan fingerprint density at radius 1 is 1.24 bits per heavy atom. The zero-order chi connectivity index (χ0) is 12.8. The third-order valence-electron chi connectivity index (χ3n) is 3.02. The molecule has 0 amide bonds. The van der Waals surface area contributed by atoms with Crippen LogP contribution in [0.15, 0.2) is 30.3 Å². The first kappa shape index (κ1) is 13.5. The summed E-state index contributed by atoms with van der Waals surface area (Å²) < 4.78 is 0. The first-order chi connectivity index (χ1) is 8.08. The summed E-state index contributed by atoms with van der Waals surface area (Å²) in [6.45, 7) is 8.60. The van der Waals surface area contributed by atoms with Crippen molar-refractivity contribution < 1.29 is 0 Å². The fourth-order valence-corrected chi connectivity index (χ4v) is 1.76. The van der Waals surface area contributed by atoms with Crippen LogP contribution in [0.25, 0.3) is 5.57 Å². The molecule has 0 radical (unpaired) electrons. The highest BCUT2D eigenvalue weighted by molar-refractivity contribution is 5.76. The van der Waals surface area contributed by atoms with Gasteiger partial charge < -0.3 is 0 Å². The molecule has 1 aromatic rings. The van der Waals surface area contributed by atoms with E-state index in [0.29, 0.717) is 11.8 Å². The monoisotopic (exact) mass is 227 g/mol. The van der Waals surface area contributed by atoms with E-state index in [1.807, 2.05) is 6.08 Å². The van der Waals surface area contributed by atoms with Gasteiger partial charge in [-0.3, -0.25) is 0 Å². The van der Waals surface area contributed by atoms with Crippen LogP contribution in [0.2, 0.25) is 0 Å². The maximum atomic E-state index is 9.13. The van der Waals surface area contributed by atoms with Crippen LogP contribution < -0.4 is 0 Å². The zero-order valence-electron chi connectivity index (χ0n) is 11.2. The molecule has 17 heavy (non-hydrogen) atoms. The molecule has 1 aromatic carbocycles. The molecular formula is C16H21N. The van der Waals surface area contributed by atoms with Crippen LogP contribution in [0, 0.1) is 17.2 Å². The van der Waals surface area contributed by atoms with Gasteiger partial charge in [-0.25, -0.2) is 0 Å². The Hall–Kier alpha value is -1.55. The van der Waals surface area contributed by atoms with Crippen molar-refractivity contribution >= 4 is 5.57 Å². The number of nitriles is 1. The summed E-state index contributed by atoms with van der Waals surface area (Å²) in [5.41, 5.74) is 3.14. The van der Waals surface area contributed by atoms with E-state index < -0.39 is 0 Å². The molecule has 90 valence electrons. The molecule has 0 saturated carbocycles. The molecule has 0 N–H and O–H groups in total. The molecule has 1 unspecified atom stereocenters. The summed E-state index contributed by atoms with van der Waals surface area (Å²) in [5, 5.41) is 9.13. The highest BCUT2D eigenvalue weighted by Gasteiger charge is 2.05. The SMILES string of the molecule is CCC(C)c1ccc(/C(C#N)=C/C(C)C)cc1. The number of nitrogens with zero attached hydrogens (tertiary/aromatic N) is 1. The van der Waals surface area contributed by atoms with Gasteiger partial charge in [0.15, 0.2) is 0 Å². The van der Waals surface area contributed by atoms with Crippen LogP contribution in [0.5, 0.6) is 0 Å². The van der Waals surface area contributed by atoms with Crippen molar-refractivity contribution in [1.29, 1.82) is 5.26 Å².